The Morgan fingerprint density at radius 1 is 1.12 bits per heavy atom. The fourth-order valence-corrected chi connectivity index (χ4v) is 4.78. The molecule has 3 N–H and O–H groups in total. The Bertz CT molecular complexity index is 938. The zero-order chi connectivity index (χ0) is 22.5. The van der Waals surface area contributed by atoms with Gasteiger partial charge in [0, 0.05) is 0 Å². The number of nitrogens with one attached hydrogen (secondary N) is 1. The normalized spacial score (nSPS) is 20.2. The summed E-state index contributed by atoms with van der Waals surface area (Å²) < 4.78 is 6.01. The highest BCUT2D eigenvalue weighted by atomic mass is 16.5. The fourth-order valence-electron chi connectivity index (χ4n) is 4.78. The molecule has 2 aliphatic rings. The summed E-state index contributed by atoms with van der Waals surface area (Å²) in [5, 5.41) is 3.26. The van der Waals surface area contributed by atoms with E-state index < -0.39 is 18.0 Å². The molecule has 1 aliphatic heterocycles. The van der Waals surface area contributed by atoms with Crippen molar-refractivity contribution in [1.29, 1.82) is 0 Å². The van der Waals surface area contributed by atoms with Crippen molar-refractivity contribution in [2.24, 2.45) is 11.7 Å². The number of aryl methyl sites for hydroxylation is 1. The highest BCUT2D eigenvalue weighted by Crippen LogP contribution is 2.33. The largest absolute Gasteiger partial charge is 0.489 e. The molecule has 2 atom stereocenters. The maximum absolute atomic E-state index is 13.7. The summed E-state index contributed by atoms with van der Waals surface area (Å²) in [4.78, 5) is 27.7. The van der Waals surface area contributed by atoms with Gasteiger partial charge < -0.3 is 15.4 Å². The molecule has 2 aromatic carbocycles. The lowest BCUT2D eigenvalue weighted by molar-refractivity contribution is -0.123. The fraction of sp³-hybridized carbons (Fsp3) is 0.462. The van der Waals surface area contributed by atoms with Gasteiger partial charge in [0.25, 0.3) is 0 Å². The molecule has 0 saturated heterocycles. The number of benzene rings is 2. The molecule has 4 rings (SSSR count). The number of carbonyl (C=O) groups is 2. The Kier molecular flexibility index (Phi) is 7.10. The van der Waals surface area contributed by atoms with Crippen molar-refractivity contribution < 1.29 is 14.3 Å². The number of para-hydroxylation sites is 2. The molecule has 2 amide bonds. The molecule has 6 heteroatoms. The van der Waals surface area contributed by atoms with Gasteiger partial charge in [-0.2, -0.15) is 0 Å². The SMILES string of the molecule is Cc1ccc(CN2C(=O)[C@@H](N[C@@H](CC3CCCCC3)C(N)=O)COc3ccccc32)cc1. The Hall–Kier alpha value is -2.86. The minimum Gasteiger partial charge on any atom is -0.489 e. The van der Waals surface area contributed by atoms with E-state index in [0.29, 0.717) is 24.6 Å². The lowest BCUT2D eigenvalue weighted by atomic mass is 9.84. The Morgan fingerprint density at radius 2 is 1.84 bits per heavy atom. The highest BCUT2D eigenvalue weighted by Gasteiger charge is 2.34. The second kappa shape index (κ2) is 10.2. The number of fused-ring (bicyclic) bond motifs is 1. The number of anilines is 1. The number of hydrogen-bond donors (Lipinski definition) is 2. The van der Waals surface area contributed by atoms with Crippen molar-refractivity contribution >= 4 is 17.5 Å². The molecule has 6 nitrogen and oxygen atoms in total. The van der Waals surface area contributed by atoms with Gasteiger partial charge >= 0.3 is 0 Å². The average molecular weight is 436 g/mol. The summed E-state index contributed by atoms with van der Waals surface area (Å²) in [7, 11) is 0. The molecule has 1 fully saturated rings. The molecule has 1 heterocycles. The molecule has 0 bridgehead atoms. The summed E-state index contributed by atoms with van der Waals surface area (Å²) >= 11 is 0. The van der Waals surface area contributed by atoms with Crippen LogP contribution in [0.2, 0.25) is 0 Å². The van der Waals surface area contributed by atoms with Crippen LogP contribution in [-0.4, -0.2) is 30.5 Å². The quantitative estimate of drug-likeness (QED) is 0.694. The zero-order valence-corrected chi connectivity index (χ0v) is 18.8. The van der Waals surface area contributed by atoms with Crippen molar-refractivity contribution in [2.45, 2.75) is 64.1 Å². The first-order valence-corrected chi connectivity index (χ1v) is 11.7. The third kappa shape index (κ3) is 5.30. The number of primary amides is 1. The van der Waals surface area contributed by atoms with Gasteiger partial charge in [-0.25, -0.2) is 0 Å². The van der Waals surface area contributed by atoms with E-state index >= 15 is 0 Å². The van der Waals surface area contributed by atoms with Gasteiger partial charge in [0.2, 0.25) is 11.8 Å². The Morgan fingerprint density at radius 3 is 2.56 bits per heavy atom. The van der Waals surface area contributed by atoms with Gasteiger partial charge in [0.1, 0.15) is 18.4 Å². The number of ether oxygens (including phenoxy) is 1. The van der Waals surface area contributed by atoms with Crippen LogP contribution in [0.5, 0.6) is 5.75 Å². The Balaban J connectivity index is 1.55. The van der Waals surface area contributed by atoms with Crippen molar-refractivity contribution in [3.8, 4) is 5.75 Å². The van der Waals surface area contributed by atoms with Crippen molar-refractivity contribution in [3.63, 3.8) is 0 Å². The zero-order valence-electron chi connectivity index (χ0n) is 18.8. The first kappa shape index (κ1) is 22.3. The van der Waals surface area contributed by atoms with Gasteiger partial charge in [0.15, 0.2) is 0 Å². The summed E-state index contributed by atoms with van der Waals surface area (Å²) in [5.74, 6) is 0.622. The number of nitrogens with two attached hydrogens (primary N) is 1. The lowest BCUT2D eigenvalue weighted by Crippen LogP contribution is -2.55. The van der Waals surface area contributed by atoms with E-state index in [9.17, 15) is 9.59 Å². The maximum Gasteiger partial charge on any atom is 0.248 e. The van der Waals surface area contributed by atoms with E-state index in [1.165, 1.54) is 24.8 Å². The van der Waals surface area contributed by atoms with Crippen LogP contribution in [0.1, 0.15) is 49.7 Å². The maximum atomic E-state index is 13.7. The number of carbonyl (C=O) groups excluding carboxylic acids is 2. The summed E-state index contributed by atoms with van der Waals surface area (Å²) in [6.45, 7) is 2.64. The molecular weight excluding hydrogens is 402 g/mol. The number of nitrogens with zero attached hydrogens (tertiary/aromatic N) is 1. The van der Waals surface area contributed by atoms with E-state index in [2.05, 4.69) is 5.32 Å². The average Bonchev–Trinajstić information content (AvgIpc) is 2.93. The van der Waals surface area contributed by atoms with E-state index in [0.717, 1.165) is 24.1 Å². The van der Waals surface area contributed by atoms with Gasteiger partial charge in [-0.1, -0.05) is 74.1 Å². The third-order valence-corrected chi connectivity index (χ3v) is 6.63. The predicted octanol–water partition coefficient (Wildman–Crippen LogP) is 3.70. The van der Waals surface area contributed by atoms with E-state index in [-0.39, 0.29) is 12.5 Å². The smallest absolute Gasteiger partial charge is 0.248 e. The van der Waals surface area contributed by atoms with Crippen LogP contribution < -0.4 is 20.7 Å². The van der Waals surface area contributed by atoms with E-state index in [1.807, 2.05) is 55.5 Å². The molecule has 0 radical (unpaired) electrons. The topological polar surface area (TPSA) is 84.7 Å². The minimum absolute atomic E-state index is 0.106. The number of amides is 2. The summed E-state index contributed by atoms with van der Waals surface area (Å²) in [6, 6.07) is 14.6. The van der Waals surface area contributed by atoms with Gasteiger partial charge in [-0.05, 0) is 37.0 Å². The van der Waals surface area contributed by atoms with Crippen LogP contribution in [0.25, 0.3) is 0 Å². The van der Waals surface area contributed by atoms with Crippen LogP contribution in [0, 0.1) is 12.8 Å². The van der Waals surface area contributed by atoms with Gasteiger partial charge in [0.05, 0.1) is 18.3 Å². The van der Waals surface area contributed by atoms with E-state index in [1.54, 1.807) is 4.90 Å². The first-order chi connectivity index (χ1) is 15.5. The number of rotatable bonds is 7. The third-order valence-electron chi connectivity index (χ3n) is 6.63. The minimum atomic E-state index is -0.645. The van der Waals surface area contributed by atoms with Crippen molar-refractivity contribution in [1.82, 2.24) is 5.32 Å². The molecule has 1 aliphatic carbocycles. The molecule has 0 spiro atoms. The molecule has 170 valence electrons. The van der Waals surface area contributed by atoms with Crippen molar-refractivity contribution in [3.05, 3.63) is 59.7 Å². The lowest BCUT2D eigenvalue weighted by Gasteiger charge is -2.29. The van der Waals surface area contributed by atoms with Crippen LogP contribution in [0.3, 0.4) is 0 Å². The van der Waals surface area contributed by atoms with Crippen LogP contribution in [-0.2, 0) is 16.1 Å². The van der Waals surface area contributed by atoms with Gasteiger partial charge in [-0.3, -0.25) is 14.9 Å². The highest BCUT2D eigenvalue weighted by molar-refractivity contribution is 5.99. The van der Waals surface area contributed by atoms with Gasteiger partial charge in [-0.15, -0.1) is 0 Å². The van der Waals surface area contributed by atoms with Crippen LogP contribution >= 0.6 is 0 Å². The second-order valence-electron chi connectivity index (χ2n) is 9.10. The number of hydrogen-bond acceptors (Lipinski definition) is 4. The predicted molar refractivity (Wildman–Crippen MR) is 125 cm³/mol. The monoisotopic (exact) mass is 435 g/mol. The molecular formula is C26H33N3O3. The first-order valence-electron chi connectivity index (χ1n) is 11.7. The van der Waals surface area contributed by atoms with Crippen LogP contribution in [0.15, 0.2) is 48.5 Å². The molecule has 0 aromatic heterocycles. The van der Waals surface area contributed by atoms with Crippen LogP contribution in [0.4, 0.5) is 5.69 Å². The molecule has 0 unspecified atom stereocenters. The van der Waals surface area contributed by atoms with E-state index in [4.69, 9.17) is 10.5 Å². The molecule has 2 aromatic rings. The van der Waals surface area contributed by atoms with Crippen molar-refractivity contribution in [2.75, 3.05) is 11.5 Å². The summed E-state index contributed by atoms with van der Waals surface area (Å²) in [5.41, 5.74) is 8.69. The second-order valence-corrected chi connectivity index (χ2v) is 9.10. The molecule has 32 heavy (non-hydrogen) atoms. The standard InChI is InChI=1S/C26H33N3O3/c1-18-11-13-20(14-12-18)16-29-23-9-5-6-10-24(23)32-17-22(26(29)31)28-21(25(27)30)15-19-7-3-2-4-8-19/h5-6,9-14,19,21-22,28H,2-4,7-8,15-17H2,1H3,(H2,27,30)/t21-,22-/m0/s1. The summed E-state index contributed by atoms with van der Waals surface area (Å²) in [6.07, 6.45) is 6.55. The molecule has 1 saturated carbocycles. The Labute approximate surface area is 190 Å².